The van der Waals surface area contributed by atoms with Crippen molar-refractivity contribution in [2.24, 2.45) is 0 Å². The zero-order valence-electron chi connectivity index (χ0n) is 13.7. The number of hydrogen-bond donors (Lipinski definition) is 2. The summed E-state index contributed by atoms with van der Waals surface area (Å²) >= 11 is 0. The van der Waals surface area contributed by atoms with Gasteiger partial charge in [-0.05, 0) is 42.8 Å². The molecule has 1 aromatic carbocycles. The van der Waals surface area contributed by atoms with Gasteiger partial charge >= 0.3 is 0 Å². The number of amides is 1. The van der Waals surface area contributed by atoms with Crippen LogP contribution in [0.3, 0.4) is 0 Å². The number of carbonyl (C=O) groups excluding carboxylic acids is 1. The number of rotatable bonds is 4. The van der Waals surface area contributed by atoms with Gasteiger partial charge in [0.2, 0.25) is 0 Å². The Hall–Kier alpha value is -2.60. The second-order valence-corrected chi connectivity index (χ2v) is 5.96. The lowest BCUT2D eigenvalue weighted by Gasteiger charge is -2.32. The van der Waals surface area contributed by atoms with Crippen LogP contribution in [-0.2, 0) is 11.3 Å². The average molecular weight is 326 g/mol. The third-order valence-corrected chi connectivity index (χ3v) is 4.00. The molecule has 3 rings (SSSR count). The van der Waals surface area contributed by atoms with Crippen molar-refractivity contribution in [2.75, 3.05) is 30.3 Å². The van der Waals surface area contributed by atoms with E-state index in [9.17, 15) is 4.79 Å². The van der Waals surface area contributed by atoms with E-state index < -0.39 is 0 Å². The molecule has 2 heterocycles. The van der Waals surface area contributed by atoms with Gasteiger partial charge in [0.05, 0.1) is 12.7 Å². The molecule has 1 aliphatic heterocycles. The van der Waals surface area contributed by atoms with Crippen molar-refractivity contribution in [3.8, 4) is 0 Å². The predicted octanol–water partition coefficient (Wildman–Crippen LogP) is 1.82. The van der Waals surface area contributed by atoms with Crippen LogP contribution in [0.5, 0.6) is 0 Å². The Labute approximate surface area is 141 Å². The zero-order chi connectivity index (χ0) is 16.9. The van der Waals surface area contributed by atoms with Gasteiger partial charge in [0.25, 0.3) is 5.91 Å². The van der Waals surface area contributed by atoms with Crippen molar-refractivity contribution >= 4 is 17.4 Å². The minimum Gasteiger partial charge on any atom is -0.399 e. The van der Waals surface area contributed by atoms with Gasteiger partial charge in [0.1, 0.15) is 5.82 Å². The van der Waals surface area contributed by atoms with E-state index in [4.69, 9.17) is 10.5 Å². The van der Waals surface area contributed by atoms with Crippen molar-refractivity contribution in [3.63, 3.8) is 0 Å². The monoisotopic (exact) mass is 326 g/mol. The van der Waals surface area contributed by atoms with Crippen molar-refractivity contribution in [1.29, 1.82) is 0 Å². The maximum atomic E-state index is 12.1. The van der Waals surface area contributed by atoms with E-state index in [0.717, 1.165) is 31.1 Å². The van der Waals surface area contributed by atoms with Gasteiger partial charge in [-0.1, -0.05) is 6.07 Å². The molecule has 1 aromatic heterocycles. The van der Waals surface area contributed by atoms with Crippen LogP contribution in [0.4, 0.5) is 11.5 Å². The standard InChI is InChI=1S/C18H22N4O2/c1-13-12-22(8-9-24-13)17-7-2-14(10-20-17)11-21-18(23)15-3-5-16(19)6-4-15/h2-7,10,13H,8-9,11-12,19H2,1H3,(H,21,23). The highest BCUT2D eigenvalue weighted by Gasteiger charge is 2.17. The Kier molecular flexibility index (Phi) is 4.96. The molecule has 6 nitrogen and oxygen atoms in total. The van der Waals surface area contributed by atoms with E-state index in [-0.39, 0.29) is 12.0 Å². The number of morpholine rings is 1. The molecule has 0 bridgehead atoms. The molecular weight excluding hydrogens is 304 g/mol. The third-order valence-electron chi connectivity index (χ3n) is 4.00. The van der Waals surface area contributed by atoms with Gasteiger partial charge < -0.3 is 20.7 Å². The topological polar surface area (TPSA) is 80.5 Å². The van der Waals surface area contributed by atoms with Gasteiger partial charge in [-0.15, -0.1) is 0 Å². The molecule has 0 saturated carbocycles. The normalized spacial score (nSPS) is 17.5. The maximum absolute atomic E-state index is 12.1. The first-order valence-corrected chi connectivity index (χ1v) is 8.07. The number of ether oxygens (including phenoxy) is 1. The highest BCUT2D eigenvalue weighted by molar-refractivity contribution is 5.94. The minimum atomic E-state index is -0.124. The Morgan fingerprint density at radius 1 is 1.33 bits per heavy atom. The maximum Gasteiger partial charge on any atom is 0.251 e. The second-order valence-electron chi connectivity index (χ2n) is 5.96. The number of pyridine rings is 1. The molecule has 24 heavy (non-hydrogen) atoms. The van der Waals surface area contributed by atoms with Gasteiger partial charge in [-0.2, -0.15) is 0 Å². The summed E-state index contributed by atoms with van der Waals surface area (Å²) in [5.41, 5.74) is 7.82. The van der Waals surface area contributed by atoms with E-state index >= 15 is 0 Å². The number of nitrogen functional groups attached to an aromatic ring is 1. The third kappa shape index (κ3) is 4.02. The van der Waals surface area contributed by atoms with Crippen LogP contribution in [0.1, 0.15) is 22.8 Å². The zero-order valence-corrected chi connectivity index (χ0v) is 13.7. The number of benzene rings is 1. The largest absolute Gasteiger partial charge is 0.399 e. The fraction of sp³-hybridized carbons (Fsp3) is 0.333. The van der Waals surface area contributed by atoms with Crippen molar-refractivity contribution < 1.29 is 9.53 Å². The summed E-state index contributed by atoms with van der Waals surface area (Å²) in [4.78, 5) is 18.8. The van der Waals surface area contributed by atoms with E-state index in [1.807, 2.05) is 12.1 Å². The van der Waals surface area contributed by atoms with Crippen molar-refractivity contribution in [2.45, 2.75) is 19.6 Å². The number of nitrogens with two attached hydrogens (primary N) is 1. The van der Waals surface area contributed by atoms with Crippen LogP contribution in [0.2, 0.25) is 0 Å². The fourth-order valence-corrected chi connectivity index (χ4v) is 2.65. The number of aromatic nitrogens is 1. The number of anilines is 2. The second kappa shape index (κ2) is 7.31. The summed E-state index contributed by atoms with van der Waals surface area (Å²) < 4.78 is 5.54. The molecule has 0 aliphatic carbocycles. The minimum absolute atomic E-state index is 0.124. The highest BCUT2D eigenvalue weighted by atomic mass is 16.5. The molecule has 1 aliphatic rings. The van der Waals surface area contributed by atoms with E-state index in [1.54, 1.807) is 30.5 Å². The lowest BCUT2D eigenvalue weighted by Crippen LogP contribution is -2.41. The van der Waals surface area contributed by atoms with Crippen molar-refractivity contribution in [1.82, 2.24) is 10.3 Å². The Morgan fingerprint density at radius 2 is 2.12 bits per heavy atom. The molecule has 1 amide bonds. The van der Waals surface area contributed by atoms with E-state index in [1.165, 1.54) is 0 Å². The Morgan fingerprint density at radius 3 is 2.79 bits per heavy atom. The van der Waals surface area contributed by atoms with Crippen LogP contribution in [0.15, 0.2) is 42.6 Å². The summed E-state index contributed by atoms with van der Waals surface area (Å²) in [6.07, 6.45) is 2.03. The van der Waals surface area contributed by atoms with E-state index in [2.05, 4.69) is 22.1 Å². The fourth-order valence-electron chi connectivity index (χ4n) is 2.65. The summed E-state index contributed by atoms with van der Waals surface area (Å²) in [6.45, 7) is 4.93. The van der Waals surface area contributed by atoms with Crippen molar-refractivity contribution in [3.05, 3.63) is 53.7 Å². The number of carbonyl (C=O) groups is 1. The molecule has 0 radical (unpaired) electrons. The number of hydrogen-bond acceptors (Lipinski definition) is 5. The van der Waals surface area contributed by atoms with Crippen LogP contribution in [0, 0.1) is 0 Å². The quantitative estimate of drug-likeness (QED) is 0.838. The lowest BCUT2D eigenvalue weighted by molar-refractivity contribution is 0.0529. The van der Waals surface area contributed by atoms with Crippen LogP contribution in [0.25, 0.3) is 0 Å². The summed E-state index contributed by atoms with van der Waals surface area (Å²) in [7, 11) is 0. The first kappa shape index (κ1) is 16.3. The molecule has 1 saturated heterocycles. The average Bonchev–Trinajstić information content (AvgIpc) is 2.61. The SMILES string of the molecule is CC1CN(c2ccc(CNC(=O)c3ccc(N)cc3)cn2)CCO1. The van der Waals surface area contributed by atoms with Gasteiger partial charge in [0, 0.05) is 37.1 Å². The number of nitrogens with one attached hydrogen (secondary N) is 1. The molecule has 2 aromatic rings. The van der Waals surface area contributed by atoms with E-state index in [0.29, 0.717) is 17.8 Å². The molecule has 6 heteroatoms. The highest BCUT2D eigenvalue weighted by Crippen LogP contribution is 2.15. The molecule has 1 atom stereocenters. The molecule has 1 unspecified atom stereocenters. The molecule has 126 valence electrons. The molecular formula is C18H22N4O2. The molecule has 3 N–H and O–H groups in total. The van der Waals surface area contributed by atoms with Gasteiger partial charge in [0.15, 0.2) is 0 Å². The van der Waals surface area contributed by atoms with Gasteiger partial charge in [-0.3, -0.25) is 4.79 Å². The Bertz CT molecular complexity index is 685. The van der Waals surface area contributed by atoms with Crippen LogP contribution in [-0.4, -0.2) is 36.7 Å². The van der Waals surface area contributed by atoms with Gasteiger partial charge in [-0.25, -0.2) is 4.98 Å². The van der Waals surface area contributed by atoms with Crippen LogP contribution >= 0.6 is 0 Å². The summed E-state index contributed by atoms with van der Waals surface area (Å²) in [5, 5.41) is 2.89. The molecule has 1 fully saturated rings. The first-order chi connectivity index (χ1) is 11.6. The lowest BCUT2D eigenvalue weighted by atomic mass is 10.2. The summed E-state index contributed by atoms with van der Waals surface area (Å²) in [5.74, 6) is 0.819. The van der Waals surface area contributed by atoms with Crippen LogP contribution < -0.4 is 16.0 Å². The molecule has 0 spiro atoms. The first-order valence-electron chi connectivity index (χ1n) is 8.07. The summed E-state index contributed by atoms with van der Waals surface area (Å²) in [6, 6.07) is 10.8. The Balaban J connectivity index is 1.56. The predicted molar refractivity (Wildman–Crippen MR) is 93.9 cm³/mol. The smallest absolute Gasteiger partial charge is 0.251 e. The number of nitrogens with zero attached hydrogens (tertiary/aromatic N) is 2.